The number of aromatic nitrogens is 3. The van der Waals surface area contributed by atoms with Gasteiger partial charge in [0.1, 0.15) is 11.6 Å². The number of rotatable bonds is 7. The Kier molecular flexibility index (Phi) is 7.15. The average molecular weight is 541 g/mol. The molecule has 5 rings (SSSR count). The van der Waals surface area contributed by atoms with Crippen molar-refractivity contribution in [2.75, 3.05) is 25.1 Å². The van der Waals surface area contributed by atoms with Crippen LogP contribution in [-0.4, -0.2) is 57.5 Å². The van der Waals surface area contributed by atoms with Gasteiger partial charge in [-0.3, -0.25) is 9.59 Å². The number of amides is 2. The van der Waals surface area contributed by atoms with E-state index in [1.807, 2.05) is 38.3 Å². The number of carbonyl (C=O) groups excluding carboxylic acids is 2. The molecule has 194 valence electrons. The summed E-state index contributed by atoms with van der Waals surface area (Å²) in [7, 11) is 0. The quantitative estimate of drug-likeness (QED) is 0.463. The van der Waals surface area contributed by atoms with Crippen LogP contribution in [0.25, 0.3) is 11.3 Å². The summed E-state index contributed by atoms with van der Waals surface area (Å²) < 4.78 is 5.41. The van der Waals surface area contributed by atoms with Gasteiger partial charge in [0.2, 0.25) is 11.9 Å². The maximum absolute atomic E-state index is 13.2. The number of nitrogens with one attached hydrogen (secondary N) is 2. The Morgan fingerprint density at radius 2 is 2.05 bits per heavy atom. The topological polar surface area (TPSA) is 109 Å². The fraction of sp³-hybridized carbons (Fsp3) is 0.423. The highest BCUT2D eigenvalue weighted by molar-refractivity contribution is 7.09. The van der Waals surface area contributed by atoms with Crippen molar-refractivity contribution in [3.63, 3.8) is 0 Å². The van der Waals surface area contributed by atoms with Crippen molar-refractivity contribution >= 4 is 40.7 Å². The molecule has 1 aromatic carbocycles. The van der Waals surface area contributed by atoms with Gasteiger partial charge in [-0.2, -0.15) is 0 Å². The molecule has 3 aromatic rings. The molecule has 37 heavy (non-hydrogen) atoms. The molecule has 4 heterocycles. The second kappa shape index (κ2) is 10.4. The van der Waals surface area contributed by atoms with Gasteiger partial charge in [0.15, 0.2) is 0 Å². The van der Waals surface area contributed by atoms with Gasteiger partial charge in [-0.1, -0.05) is 23.7 Å². The minimum Gasteiger partial charge on any atom is -0.381 e. The molecule has 0 atom stereocenters. The Hall–Kier alpha value is -3.08. The SMILES string of the molecule is Cc1csc(C(C)(C)NC(=O)CN2Cc3ccc(-c4nc(NC5CCOCC5)ncc4Cl)cc3C2=O)n1. The highest BCUT2D eigenvalue weighted by Crippen LogP contribution is 2.32. The van der Waals surface area contributed by atoms with Crippen LogP contribution in [0.3, 0.4) is 0 Å². The van der Waals surface area contributed by atoms with E-state index < -0.39 is 5.54 Å². The van der Waals surface area contributed by atoms with Gasteiger partial charge in [0, 0.05) is 48.0 Å². The maximum Gasteiger partial charge on any atom is 0.254 e. The van der Waals surface area contributed by atoms with E-state index in [2.05, 4.69) is 25.6 Å². The third-order valence-electron chi connectivity index (χ3n) is 6.50. The number of fused-ring (bicyclic) bond motifs is 1. The van der Waals surface area contributed by atoms with Crippen molar-refractivity contribution in [1.29, 1.82) is 0 Å². The first kappa shape index (κ1) is 25.6. The predicted octanol–water partition coefficient (Wildman–Crippen LogP) is 4.16. The number of nitrogens with zero attached hydrogens (tertiary/aromatic N) is 4. The summed E-state index contributed by atoms with van der Waals surface area (Å²) in [6, 6.07) is 5.83. The van der Waals surface area contributed by atoms with Crippen molar-refractivity contribution in [1.82, 2.24) is 25.2 Å². The van der Waals surface area contributed by atoms with Crippen molar-refractivity contribution < 1.29 is 14.3 Å². The van der Waals surface area contributed by atoms with Crippen LogP contribution >= 0.6 is 22.9 Å². The Labute approximate surface area is 224 Å². The largest absolute Gasteiger partial charge is 0.381 e. The third-order valence-corrected chi connectivity index (χ3v) is 8.06. The average Bonchev–Trinajstić information content (AvgIpc) is 3.44. The van der Waals surface area contributed by atoms with Crippen LogP contribution in [-0.2, 0) is 21.6 Å². The molecule has 0 saturated carbocycles. The van der Waals surface area contributed by atoms with Gasteiger partial charge in [0.25, 0.3) is 5.91 Å². The van der Waals surface area contributed by atoms with E-state index in [-0.39, 0.29) is 24.4 Å². The van der Waals surface area contributed by atoms with Crippen molar-refractivity contribution in [2.45, 2.75) is 51.7 Å². The van der Waals surface area contributed by atoms with Crippen molar-refractivity contribution in [3.8, 4) is 11.3 Å². The Morgan fingerprint density at radius 1 is 1.27 bits per heavy atom. The molecule has 2 aliphatic heterocycles. The van der Waals surface area contributed by atoms with Gasteiger partial charge < -0.3 is 20.3 Å². The molecule has 1 saturated heterocycles. The molecule has 2 aromatic heterocycles. The first-order chi connectivity index (χ1) is 17.7. The predicted molar refractivity (Wildman–Crippen MR) is 143 cm³/mol. The molecule has 2 amide bonds. The molecule has 2 N–H and O–H groups in total. The lowest BCUT2D eigenvalue weighted by Crippen LogP contribution is -2.46. The molecule has 0 radical (unpaired) electrons. The number of anilines is 1. The smallest absolute Gasteiger partial charge is 0.254 e. The molecule has 2 aliphatic rings. The lowest BCUT2D eigenvalue weighted by atomic mass is 10.0. The van der Waals surface area contributed by atoms with E-state index in [9.17, 15) is 9.59 Å². The molecule has 9 nitrogen and oxygen atoms in total. The molecule has 0 spiro atoms. The normalized spacial score (nSPS) is 16.1. The van der Waals surface area contributed by atoms with Crippen LogP contribution in [0, 0.1) is 6.92 Å². The van der Waals surface area contributed by atoms with Crippen LogP contribution in [0.1, 0.15) is 53.3 Å². The number of ether oxygens (including phenoxy) is 1. The van der Waals surface area contributed by atoms with Crippen LogP contribution < -0.4 is 10.6 Å². The Morgan fingerprint density at radius 3 is 2.78 bits per heavy atom. The van der Waals surface area contributed by atoms with E-state index in [0.717, 1.165) is 34.7 Å². The van der Waals surface area contributed by atoms with Crippen LogP contribution in [0.2, 0.25) is 5.02 Å². The molecule has 0 unspecified atom stereocenters. The molecule has 11 heteroatoms. The lowest BCUT2D eigenvalue weighted by Gasteiger charge is -2.25. The zero-order chi connectivity index (χ0) is 26.2. The maximum atomic E-state index is 13.2. The highest BCUT2D eigenvalue weighted by atomic mass is 35.5. The fourth-order valence-electron chi connectivity index (χ4n) is 4.56. The van der Waals surface area contributed by atoms with Crippen LogP contribution in [0.4, 0.5) is 5.95 Å². The van der Waals surface area contributed by atoms with E-state index in [1.54, 1.807) is 17.2 Å². The summed E-state index contributed by atoms with van der Waals surface area (Å²) in [5.74, 6) is 0.0667. The first-order valence-electron chi connectivity index (χ1n) is 12.2. The molecule has 0 aliphatic carbocycles. The summed E-state index contributed by atoms with van der Waals surface area (Å²) >= 11 is 7.95. The van der Waals surface area contributed by atoms with Gasteiger partial charge in [-0.05, 0) is 45.2 Å². The summed E-state index contributed by atoms with van der Waals surface area (Å²) in [6.45, 7) is 7.49. The highest BCUT2D eigenvalue weighted by Gasteiger charge is 2.32. The first-order valence-corrected chi connectivity index (χ1v) is 13.5. The van der Waals surface area contributed by atoms with E-state index in [1.165, 1.54) is 11.3 Å². The summed E-state index contributed by atoms with van der Waals surface area (Å²) in [5, 5.41) is 9.55. The summed E-state index contributed by atoms with van der Waals surface area (Å²) in [4.78, 5) is 41.1. The zero-order valence-corrected chi connectivity index (χ0v) is 22.6. The van der Waals surface area contributed by atoms with Gasteiger partial charge in [-0.25, -0.2) is 15.0 Å². The Bertz CT molecular complexity index is 1340. The van der Waals surface area contributed by atoms with Crippen LogP contribution in [0.15, 0.2) is 29.8 Å². The third kappa shape index (κ3) is 5.61. The summed E-state index contributed by atoms with van der Waals surface area (Å²) in [6.07, 6.45) is 3.35. The molecular formula is C26H29ClN6O3S. The molecule has 1 fully saturated rings. The standard InChI is InChI=1S/C26H29ClN6O3S/c1-15-14-37-24(29-15)26(2,3)32-21(34)13-33-12-17-5-4-16(10-19(17)23(33)35)22-20(27)11-28-25(31-22)30-18-6-8-36-9-7-18/h4-5,10-11,14,18H,6-9,12-13H2,1-3H3,(H,32,34)(H,28,30,31). The minimum absolute atomic E-state index is 0.0376. The number of halogens is 1. The molecule has 0 bridgehead atoms. The second-order valence-corrected chi connectivity index (χ2v) is 11.2. The van der Waals surface area contributed by atoms with E-state index >= 15 is 0 Å². The monoisotopic (exact) mass is 540 g/mol. The van der Waals surface area contributed by atoms with Crippen molar-refractivity contribution in [3.05, 3.63) is 56.6 Å². The number of hydrogen-bond acceptors (Lipinski definition) is 8. The lowest BCUT2D eigenvalue weighted by molar-refractivity contribution is -0.123. The van der Waals surface area contributed by atoms with Crippen molar-refractivity contribution in [2.24, 2.45) is 0 Å². The minimum atomic E-state index is -0.626. The Balaban J connectivity index is 1.29. The second-order valence-electron chi connectivity index (χ2n) is 9.92. The number of hydrogen-bond donors (Lipinski definition) is 2. The number of aryl methyl sites for hydroxylation is 1. The van der Waals surface area contributed by atoms with Crippen LogP contribution in [0.5, 0.6) is 0 Å². The van der Waals surface area contributed by atoms with Gasteiger partial charge >= 0.3 is 0 Å². The van der Waals surface area contributed by atoms with E-state index in [4.69, 9.17) is 16.3 Å². The zero-order valence-electron chi connectivity index (χ0n) is 21.0. The molecular weight excluding hydrogens is 512 g/mol. The number of thiazole rings is 1. The van der Waals surface area contributed by atoms with Gasteiger partial charge in [-0.15, -0.1) is 11.3 Å². The van der Waals surface area contributed by atoms with E-state index in [0.29, 0.717) is 42.0 Å². The number of carbonyl (C=O) groups is 2. The van der Waals surface area contributed by atoms with Gasteiger partial charge in [0.05, 0.1) is 22.5 Å². The summed E-state index contributed by atoms with van der Waals surface area (Å²) in [5.41, 5.74) is 2.98. The number of benzene rings is 1. The fourth-order valence-corrected chi connectivity index (χ4v) is 5.63.